The summed E-state index contributed by atoms with van der Waals surface area (Å²) in [6, 6.07) is 7.14. The molecule has 2 atom stereocenters. The number of carbonyl (C=O) groups excluding carboxylic acids is 1. The number of aromatic nitrogens is 3. The van der Waals surface area contributed by atoms with Gasteiger partial charge in [0.2, 0.25) is 5.88 Å². The van der Waals surface area contributed by atoms with Gasteiger partial charge >= 0.3 is 12.2 Å². The number of hydrogen-bond acceptors (Lipinski definition) is 8. The van der Waals surface area contributed by atoms with Gasteiger partial charge in [0.1, 0.15) is 12.7 Å². The molecule has 10 nitrogen and oxygen atoms in total. The van der Waals surface area contributed by atoms with Gasteiger partial charge in [0.25, 0.3) is 0 Å². The molecule has 2 amide bonds. The van der Waals surface area contributed by atoms with Crippen LogP contribution in [-0.2, 0) is 6.18 Å². The summed E-state index contributed by atoms with van der Waals surface area (Å²) in [6.45, 7) is 0.702. The van der Waals surface area contributed by atoms with Crippen molar-refractivity contribution in [2.75, 3.05) is 41.4 Å². The normalized spacial score (nSPS) is 17.6. The summed E-state index contributed by atoms with van der Waals surface area (Å²) < 4.78 is 45.2. The molecular weight excluding hydrogens is 505 g/mol. The minimum Gasteiger partial charge on any atom is -0.475 e. The number of nitrogens with one attached hydrogen (secondary N) is 1. The third-order valence-electron chi connectivity index (χ3n) is 6.37. The zero-order valence-electron chi connectivity index (χ0n) is 20.1. The molecule has 200 valence electrons. The molecule has 4 heterocycles. The fourth-order valence-corrected chi connectivity index (χ4v) is 4.54. The van der Waals surface area contributed by atoms with E-state index in [1.807, 2.05) is 0 Å². The minimum atomic E-state index is -4.51. The van der Waals surface area contributed by atoms with E-state index in [2.05, 4.69) is 25.2 Å². The number of aliphatic hydroxyl groups is 2. The summed E-state index contributed by atoms with van der Waals surface area (Å²) in [5.74, 6) is 0.542. The van der Waals surface area contributed by atoms with Crippen LogP contribution < -0.4 is 19.9 Å². The lowest BCUT2D eigenvalue weighted by molar-refractivity contribution is -0.137. The molecule has 2 aromatic heterocycles. The van der Waals surface area contributed by atoms with Gasteiger partial charge in [-0.25, -0.2) is 19.7 Å². The number of anilines is 3. The Labute approximate surface area is 215 Å². The number of hydrogen-bond donors (Lipinski definition) is 3. The van der Waals surface area contributed by atoms with Crippen molar-refractivity contribution in [3.8, 4) is 17.3 Å². The molecule has 1 fully saturated rings. The number of ether oxygens (including phenoxy) is 1. The number of carbonyl (C=O) groups is 1. The molecule has 2 aliphatic rings. The zero-order valence-corrected chi connectivity index (χ0v) is 20.1. The summed E-state index contributed by atoms with van der Waals surface area (Å²) >= 11 is 0. The molecule has 0 radical (unpaired) electrons. The van der Waals surface area contributed by atoms with Gasteiger partial charge in [-0.1, -0.05) is 12.1 Å². The van der Waals surface area contributed by atoms with E-state index in [1.54, 1.807) is 12.3 Å². The van der Waals surface area contributed by atoms with Crippen molar-refractivity contribution in [2.45, 2.75) is 31.2 Å². The van der Waals surface area contributed by atoms with Gasteiger partial charge in [-0.3, -0.25) is 4.90 Å². The van der Waals surface area contributed by atoms with Crippen molar-refractivity contribution < 1.29 is 32.9 Å². The SMILES string of the molecule is O=C(Nc1ccnc(OC[C@@H](O)CO)c1)N1c2nc(-c3cccc(C(F)(F)F)c3)ncc2N2CCC[C@H]1C2. The molecule has 13 heteroatoms. The molecule has 2 bridgehead atoms. The number of alkyl halides is 3. The highest BCUT2D eigenvalue weighted by atomic mass is 19.4. The van der Waals surface area contributed by atoms with Crippen LogP contribution in [0.2, 0.25) is 0 Å². The second kappa shape index (κ2) is 10.4. The Morgan fingerprint density at radius 1 is 1.24 bits per heavy atom. The van der Waals surface area contributed by atoms with Crippen molar-refractivity contribution in [3.05, 3.63) is 54.4 Å². The lowest BCUT2D eigenvalue weighted by Crippen LogP contribution is -2.56. The first-order chi connectivity index (χ1) is 18.2. The summed E-state index contributed by atoms with van der Waals surface area (Å²) in [7, 11) is 0. The topological polar surface area (TPSA) is 124 Å². The number of halogens is 3. The third-order valence-corrected chi connectivity index (χ3v) is 6.37. The molecular formula is C25H25F3N6O4. The van der Waals surface area contributed by atoms with E-state index in [9.17, 15) is 23.1 Å². The van der Waals surface area contributed by atoms with Crippen LogP contribution in [0.15, 0.2) is 48.8 Å². The van der Waals surface area contributed by atoms with Crippen LogP contribution in [0.3, 0.4) is 0 Å². The Hall–Kier alpha value is -3.97. The van der Waals surface area contributed by atoms with Gasteiger partial charge in [0.15, 0.2) is 11.6 Å². The van der Waals surface area contributed by atoms with E-state index in [4.69, 9.17) is 9.84 Å². The zero-order chi connectivity index (χ0) is 26.9. The highest BCUT2D eigenvalue weighted by molar-refractivity contribution is 6.04. The molecule has 0 aliphatic carbocycles. The number of fused-ring (bicyclic) bond motifs is 4. The number of amides is 2. The van der Waals surface area contributed by atoms with E-state index < -0.39 is 30.5 Å². The van der Waals surface area contributed by atoms with Crippen molar-refractivity contribution in [1.82, 2.24) is 15.0 Å². The quantitative estimate of drug-likeness (QED) is 0.444. The third kappa shape index (κ3) is 5.34. The second-order valence-corrected chi connectivity index (χ2v) is 9.05. The molecule has 1 saturated heterocycles. The van der Waals surface area contributed by atoms with Gasteiger partial charge in [0, 0.05) is 36.6 Å². The Bertz CT molecular complexity index is 1320. The Balaban J connectivity index is 1.44. The van der Waals surface area contributed by atoms with Gasteiger partial charge < -0.3 is 25.2 Å². The molecule has 38 heavy (non-hydrogen) atoms. The molecule has 0 unspecified atom stereocenters. The maximum Gasteiger partial charge on any atom is 0.416 e. The largest absolute Gasteiger partial charge is 0.475 e. The Morgan fingerprint density at radius 3 is 2.87 bits per heavy atom. The first-order valence-electron chi connectivity index (χ1n) is 12.0. The van der Waals surface area contributed by atoms with Gasteiger partial charge in [-0.2, -0.15) is 13.2 Å². The molecule has 1 aromatic carbocycles. The van der Waals surface area contributed by atoms with E-state index in [0.717, 1.165) is 31.5 Å². The van der Waals surface area contributed by atoms with Gasteiger partial charge in [-0.15, -0.1) is 0 Å². The van der Waals surface area contributed by atoms with E-state index >= 15 is 0 Å². The number of rotatable bonds is 6. The summed E-state index contributed by atoms with van der Waals surface area (Å²) in [5, 5.41) is 21.2. The average Bonchev–Trinajstić information content (AvgIpc) is 2.91. The minimum absolute atomic E-state index is 0.0795. The van der Waals surface area contributed by atoms with Crippen LogP contribution in [0, 0.1) is 0 Å². The number of aliphatic hydroxyl groups excluding tert-OH is 2. The van der Waals surface area contributed by atoms with Crippen LogP contribution in [0.5, 0.6) is 5.88 Å². The predicted octanol–water partition coefficient (Wildman–Crippen LogP) is 3.31. The molecule has 5 rings (SSSR count). The highest BCUT2D eigenvalue weighted by Crippen LogP contribution is 2.39. The van der Waals surface area contributed by atoms with Crippen LogP contribution in [0.4, 0.5) is 35.2 Å². The summed E-state index contributed by atoms with van der Waals surface area (Å²) in [6.07, 6.45) is -1.02. The Morgan fingerprint density at radius 2 is 2.08 bits per heavy atom. The van der Waals surface area contributed by atoms with Gasteiger partial charge in [0.05, 0.1) is 30.1 Å². The molecule has 3 N–H and O–H groups in total. The van der Waals surface area contributed by atoms with Gasteiger partial charge in [-0.05, 0) is 31.0 Å². The fourth-order valence-electron chi connectivity index (χ4n) is 4.54. The number of piperidine rings is 1. The first kappa shape index (κ1) is 25.7. The lowest BCUT2D eigenvalue weighted by Gasteiger charge is -2.45. The average molecular weight is 531 g/mol. The van der Waals surface area contributed by atoms with Crippen LogP contribution in [0.1, 0.15) is 18.4 Å². The highest BCUT2D eigenvalue weighted by Gasteiger charge is 2.39. The maximum absolute atomic E-state index is 13.5. The Kier molecular flexibility index (Phi) is 7.04. The standard InChI is InChI=1S/C25H25F3N6O4/c26-25(27,28)16-4-1-3-15(9-16)22-30-11-20-23(32-22)34(18-5-2-8-33(20)12-18)24(37)31-17-6-7-29-21(10-17)38-14-19(36)13-35/h1,3-4,6-7,9-11,18-19,35-36H,2,5,8,12-14H2,(H,29,31,37)/t18-,19-/m0/s1. The fraction of sp³-hybridized carbons (Fsp3) is 0.360. The smallest absolute Gasteiger partial charge is 0.416 e. The number of pyridine rings is 1. The molecule has 0 saturated carbocycles. The molecule has 3 aromatic rings. The van der Waals surface area contributed by atoms with Crippen LogP contribution in [0.25, 0.3) is 11.4 Å². The lowest BCUT2D eigenvalue weighted by atomic mass is 10.0. The number of urea groups is 1. The van der Waals surface area contributed by atoms with Crippen LogP contribution >= 0.6 is 0 Å². The first-order valence-corrected chi connectivity index (χ1v) is 12.0. The number of benzene rings is 1. The monoisotopic (exact) mass is 530 g/mol. The summed E-state index contributed by atoms with van der Waals surface area (Å²) in [4.78, 5) is 30.1. The molecule has 2 aliphatic heterocycles. The maximum atomic E-state index is 13.5. The predicted molar refractivity (Wildman–Crippen MR) is 132 cm³/mol. The molecule has 0 spiro atoms. The van der Waals surface area contributed by atoms with Crippen molar-refractivity contribution >= 4 is 23.2 Å². The van der Waals surface area contributed by atoms with Crippen molar-refractivity contribution in [3.63, 3.8) is 0 Å². The van der Waals surface area contributed by atoms with E-state index in [-0.39, 0.29) is 29.9 Å². The second-order valence-electron chi connectivity index (χ2n) is 9.05. The van der Waals surface area contributed by atoms with Crippen LogP contribution in [-0.4, -0.2) is 69.6 Å². The number of nitrogens with zero attached hydrogens (tertiary/aromatic N) is 5. The van der Waals surface area contributed by atoms with E-state index in [1.165, 1.54) is 29.3 Å². The van der Waals surface area contributed by atoms with E-state index in [0.29, 0.717) is 23.7 Å². The van der Waals surface area contributed by atoms with Crippen molar-refractivity contribution in [2.24, 2.45) is 0 Å². The van der Waals surface area contributed by atoms with Crippen molar-refractivity contribution in [1.29, 1.82) is 0 Å². The summed E-state index contributed by atoms with van der Waals surface area (Å²) in [5.41, 5.74) is 0.387.